The molecule has 1 aromatic rings. The maximum absolute atomic E-state index is 12.2. The monoisotopic (exact) mass is 251 g/mol. The molecule has 0 saturated heterocycles. The van der Waals surface area contributed by atoms with Crippen molar-refractivity contribution in [1.82, 2.24) is 4.98 Å². The van der Waals surface area contributed by atoms with Gasteiger partial charge in [0, 0.05) is 10.7 Å². The zero-order valence-corrected chi connectivity index (χ0v) is 8.42. The van der Waals surface area contributed by atoms with Crippen molar-refractivity contribution < 1.29 is 13.9 Å². The summed E-state index contributed by atoms with van der Waals surface area (Å²) in [5, 5.41) is 9.13. The predicted octanol–water partition coefficient (Wildman–Crippen LogP) is 2.84. The van der Waals surface area contributed by atoms with Gasteiger partial charge in [0.2, 0.25) is 0 Å². The Kier molecular flexibility index (Phi) is 3.33. The van der Waals surface area contributed by atoms with Gasteiger partial charge in [-0.2, -0.15) is 0 Å². The molecular formula is C8H8BrF2NO. The fourth-order valence-electron chi connectivity index (χ4n) is 0.852. The first kappa shape index (κ1) is 10.5. The Hall–Kier alpha value is -0.550. The van der Waals surface area contributed by atoms with Crippen molar-refractivity contribution in [2.75, 3.05) is 0 Å². The molecule has 0 aromatic carbocycles. The molecule has 0 bridgehead atoms. The number of rotatable bonds is 2. The summed E-state index contributed by atoms with van der Waals surface area (Å²) in [6.45, 7) is 1.55. The molecule has 0 radical (unpaired) electrons. The molecule has 0 saturated carbocycles. The zero-order chi connectivity index (χ0) is 10.0. The molecule has 1 heterocycles. The topological polar surface area (TPSA) is 33.1 Å². The van der Waals surface area contributed by atoms with Gasteiger partial charge < -0.3 is 5.11 Å². The van der Waals surface area contributed by atoms with E-state index in [4.69, 9.17) is 5.11 Å². The number of aliphatic hydroxyl groups is 1. The van der Waals surface area contributed by atoms with Crippen molar-refractivity contribution >= 4 is 15.9 Å². The largest absolute Gasteiger partial charge is 0.389 e. The van der Waals surface area contributed by atoms with Crippen LogP contribution in [0.1, 0.15) is 30.7 Å². The minimum atomic E-state index is -2.60. The van der Waals surface area contributed by atoms with Gasteiger partial charge in [0.15, 0.2) is 0 Å². The van der Waals surface area contributed by atoms with E-state index in [1.807, 2.05) is 0 Å². The second kappa shape index (κ2) is 4.11. The van der Waals surface area contributed by atoms with Crippen LogP contribution in [-0.4, -0.2) is 10.1 Å². The molecule has 1 unspecified atom stereocenters. The van der Waals surface area contributed by atoms with Crippen molar-refractivity contribution in [2.45, 2.75) is 19.5 Å². The highest BCUT2D eigenvalue weighted by atomic mass is 79.9. The maximum Gasteiger partial charge on any atom is 0.281 e. The highest BCUT2D eigenvalue weighted by Crippen LogP contribution is 2.27. The van der Waals surface area contributed by atoms with E-state index in [1.54, 1.807) is 6.92 Å². The summed E-state index contributed by atoms with van der Waals surface area (Å²) < 4.78 is 24.6. The molecule has 1 rings (SSSR count). The Balaban J connectivity index is 3.06. The summed E-state index contributed by atoms with van der Waals surface area (Å²) in [6, 6.07) is 1.44. The molecule has 2 nitrogen and oxygen atoms in total. The normalized spacial score (nSPS) is 13.4. The van der Waals surface area contributed by atoms with Crippen LogP contribution in [0.2, 0.25) is 0 Å². The predicted molar refractivity (Wildman–Crippen MR) is 47.5 cm³/mol. The highest BCUT2D eigenvalue weighted by molar-refractivity contribution is 9.10. The van der Waals surface area contributed by atoms with E-state index in [1.165, 1.54) is 12.3 Å². The molecule has 0 spiro atoms. The van der Waals surface area contributed by atoms with Crippen molar-refractivity contribution in [1.29, 1.82) is 0 Å². The zero-order valence-electron chi connectivity index (χ0n) is 6.84. The molecule has 0 amide bonds. The second-order valence-electron chi connectivity index (χ2n) is 2.61. The standard InChI is InChI=1S/C8H8BrF2NO/c1-4(13)5-2-6(9)7(8(10)11)12-3-5/h2-4,8,13H,1H3. The van der Waals surface area contributed by atoms with Gasteiger partial charge in [-0.25, -0.2) is 8.78 Å². The average Bonchev–Trinajstić information content (AvgIpc) is 2.03. The highest BCUT2D eigenvalue weighted by Gasteiger charge is 2.14. The van der Waals surface area contributed by atoms with Gasteiger partial charge in [-0.05, 0) is 34.5 Å². The third-order valence-corrected chi connectivity index (χ3v) is 2.22. The van der Waals surface area contributed by atoms with E-state index in [0.717, 1.165) is 0 Å². The van der Waals surface area contributed by atoms with Crippen molar-refractivity contribution in [3.05, 3.63) is 28.0 Å². The molecule has 0 aliphatic carbocycles. The summed E-state index contributed by atoms with van der Waals surface area (Å²) in [4.78, 5) is 3.54. The lowest BCUT2D eigenvalue weighted by atomic mass is 10.2. The van der Waals surface area contributed by atoms with Crippen LogP contribution >= 0.6 is 15.9 Å². The van der Waals surface area contributed by atoms with Gasteiger partial charge in [0.25, 0.3) is 6.43 Å². The van der Waals surface area contributed by atoms with E-state index in [-0.39, 0.29) is 10.2 Å². The fraction of sp³-hybridized carbons (Fsp3) is 0.375. The molecule has 1 N–H and O–H groups in total. The van der Waals surface area contributed by atoms with Crippen molar-refractivity contribution in [2.24, 2.45) is 0 Å². The summed E-state index contributed by atoms with van der Waals surface area (Å²) in [7, 11) is 0. The van der Waals surface area contributed by atoms with E-state index in [2.05, 4.69) is 20.9 Å². The number of aliphatic hydroxyl groups excluding tert-OH is 1. The Morgan fingerprint density at radius 1 is 1.54 bits per heavy atom. The van der Waals surface area contributed by atoms with Crippen LogP contribution in [0.4, 0.5) is 8.78 Å². The fourth-order valence-corrected chi connectivity index (χ4v) is 1.39. The number of nitrogens with zero attached hydrogens (tertiary/aromatic N) is 1. The average molecular weight is 252 g/mol. The number of alkyl halides is 2. The molecule has 13 heavy (non-hydrogen) atoms. The van der Waals surface area contributed by atoms with E-state index in [0.29, 0.717) is 5.56 Å². The summed E-state index contributed by atoms with van der Waals surface area (Å²) in [5.41, 5.74) is 0.209. The first-order chi connectivity index (χ1) is 6.02. The van der Waals surface area contributed by atoms with E-state index in [9.17, 15) is 8.78 Å². The molecule has 72 valence electrons. The van der Waals surface area contributed by atoms with E-state index >= 15 is 0 Å². The maximum atomic E-state index is 12.2. The van der Waals surface area contributed by atoms with Crippen LogP contribution < -0.4 is 0 Å². The SMILES string of the molecule is CC(O)c1cnc(C(F)F)c(Br)c1. The van der Waals surface area contributed by atoms with E-state index < -0.39 is 12.5 Å². The minimum absolute atomic E-state index is 0.223. The number of aromatic nitrogens is 1. The van der Waals surface area contributed by atoms with Crippen LogP contribution in [0.25, 0.3) is 0 Å². The number of hydrogen-bond acceptors (Lipinski definition) is 2. The lowest BCUT2D eigenvalue weighted by molar-refractivity contribution is 0.144. The minimum Gasteiger partial charge on any atom is -0.389 e. The first-order valence-corrected chi connectivity index (χ1v) is 4.43. The van der Waals surface area contributed by atoms with Crippen molar-refractivity contribution in [3.8, 4) is 0 Å². The van der Waals surface area contributed by atoms with Gasteiger partial charge in [0.05, 0.1) is 6.10 Å². The number of hydrogen-bond donors (Lipinski definition) is 1. The molecular weight excluding hydrogens is 244 g/mol. The lowest BCUT2D eigenvalue weighted by Gasteiger charge is -2.07. The van der Waals surface area contributed by atoms with Crippen LogP contribution in [0.5, 0.6) is 0 Å². The lowest BCUT2D eigenvalue weighted by Crippen LogP contribution is -1.97. The quantitative estimate of drug-likeness (QED) is 0.877. The van der Waals surface area contributed by atoms with Gasteiger partial charge >= 0.3 is 0 Å². The number of halogens is 3. The Labute approximate surface area is 82.7 Å². The van der Waals surface area contributed by atoms with Crippen molar-refractivity contribution in [3.63, 3.8) is 0 Å². The van der Waals surface area contributed by atoms with Crippen LogP contribution in [0.15, 0.2) is 16.7 Å². The van der Waals surface area contributed by atoms with Gasteiger partial charge in [-0.15, -0.1) is 0 Å². The molecule has 0 aliphatic rings. The van der Waals surface area contributed by atoms with Gasteiger partial charge in [-0.1, -0.05) is 0 Å². The summed E-state index contributed by atoms with van der Waals surface area (Å²) in [6.07, 6.45) is -2.05. The molecule has 5 heteroatoms. The smallest absolute Gasteiger partial charge is 0.281 e. The van der Waals surface area contributed by atoms with Gasteiger partial charge in [0.1, 0.15) is 5.69 Å². The third kappa shape index (κ3) is 2.45. The molecule has 1 aromatic heterocycles. The van der Waals surface area contributed by atoms with Crippen LogP contribution in [0, 0.1) is 0 Å². The van der Waals surface area contributed by atoms with Crippen LogP contribution in [-0.2, 0) is 0 Å². The van der Waals surface area contributed by atoms with Crippen LogP contribution in [0.3, 0.4) is 0 Å². The Bertz CT molecular complexity index is 304. The summed E-state index contributed by atoms with van der Waals surface area (Å²) >= 11 is 2.96. The molecule has 0 aliphatic heterocycles. The molecule has 1 atom stereocenters. The second-order valence-corrected chi connectivity index (χ2v) is 3.47. The number of pyridine rings is 1. The van der Waals surface area contributed by atoms with Gasteiger partial charge in [-0.3, -0.25) is 4.98 Å². The summed E-state index contributed by atoms with van der Waals surface area (Å²) in [5.74, 6) is 0. The molecule has 0 fully saturated rings. The Morgan fingerprint density at radius 2 is 2.15 bits per heavy atom. The third-order valence-electron chi connectivity index (χ3n) is 1.58. The Morgan fingerprint density at radius 3 is 2.54 bits per heavy atom. The first-order valence-electron chi connectivity index (χ1n) is 3.64.